The molecule has 0 amide bonds. The topological polar surface area (TPSA) is 32.3 Å². The fraction of sp³-hybridized carbons (Fsp3) is 0.889. The first kappa shape index (κ1) is 9.93. The standard InChI is InChI=1S/C9H17NOS/c1-8(2,3)6-5-9(4,11)7(12)10-6/h6,11H,5H2,1-4H3,(H,10,12)/t6-,9-/m0/s1. The summed E-state index contributed by atoms with van der Waals surface area (Å²) in [6.45, 7) is 8.21. The van der Waals surface area contributed by atoms with Gasteiger partial charge in [0.1, 0.15) is 10.6 Å². The summed E-state index contributed by atoms with van der Waals surface area (Å²) in [5.41, 5.74) is -0.641. The van der Waals surface area contributed by atoms with Gasteiger partial charge in [-0.15, -0.1) is 0 Å². The van der Waals surface area contributed by atoms with E-state index in [1.54, 1.807) is 6.92 Å². The minimum atomic E-state index is -0.798. The van der Waals surface area contributed by atoms with Gasteiger partial charge in [0, 0.05) is 12.5 Å². The predicted octanol–water partition coefficient (Wildman–Crippen LogP) is 1.47. The molecule has 1 fully saturated rings. The molecule has 2 nitrogen and oxygen atoms in total. The lowest BCUT2D eigenvalue weighted by molar-refractivity contribution is 0.117. The second-order valence-electron chi connectivity index (χ2n) is 4.87. The lowest BCUT2D eigenvalue weighted by Crippen LogP contribution is -2.36. The second-order valence-corrected chi connectivity index (χ2v) is 5.28. The summed E-state index contributed by atoms with van der Waals surface area (Å²) in [5, 5.41) is 13.0. The van der Waals surface area contributed by atoms with E-state index < -0.39 is 5.60 Å². The lowest BCUT2D eigenvalue weighted by atomic mass is 9.84. The molecule has 3 heteroatoms. The highest BCUT2D eigenvalue weighted by molar-refractivity contribution is 7.80. The number of aliphatic hydroxyl groups is 1. The molecule has 1 rings (SSSR count). The van der Waals surface area contributed by atoms with E-state index in [1.165, 1.54) is 0 Å². The summed E-state index contributed by atoms with van der Waals surface area (Å²) in [6, 6.07) is 0.292. The SMILES string of the molecule is CC(C)(C)[C@@H]1C[C@](C)(O)C(=S)N1. The molecule has 0 aromatic heterocycles. The zero-order valence-electron chi connectivity index (χ0n) is 8.14. The van der Waals surface area contributed by atoms with Gasteiger partial charge in [0.15, 0.2) is 0 Å². The Labute approximate surface area is 79.4 Å². The van der Waals surface area contributed by atoms with Crippen LogP contribution >= 0.6 is 12.2 Å². The van der Waals surface area contributed by atoms with Gasteiger partial charge < -0.3 is 10.4 Å². The highest BCUT2D eigenvalue weighted by Crippen LogP contribution is 2.31. The van der Waals surface area contributed by atoms with Crippen molar-refractivity contribution in [3.05, 3.63) is 0 Å². The predicted molar refractivity (Wildman–Crippen MR) is 54.2 cm³/mol. The van der Waals surface area contributed by atoms with Crippen molar-refractivity contribution >= 4 is 17.2 Å². The normalized spacial score (nSPS) is 36.8. The molecule has 0 bridgehead atoms. The molecule has 0 radical (unpaired) electrons. The summed E-state index contributed by atoms with van der Waals surface area (Å²) in [5.74, 6) is 0. The minimum Gasteiger partial charge on any atom is -0.383 e. The van der Waals surface area contributed by atoms with Crippen molar-refractivity contribution in [2.24, 2.45) is 5.41 Å². The van der Waals surface area contributed by atoms with Crippen LogP contribution in [0.25, 0.3) is 0 Å². The maximum atomic E-state index is 9.79. The Morgan fingerprint density at radius 3 is 2.25 bits per heavy atom. The van der Waals surface area contributed by atoms with Gasteiger partial charge in [0.05, 0.1) is 0 Å². The molecular weight excluding hydrogens is 170 g/mol. The minimum absolute atomic E-state index is 0.157. The molecule has 0 aromatic rings. The number of rotatable bonds is 0. The summed E-state index contributed by atoms with van der Waals surface area (Å²) in [4.78, 5) is 0.586. The van der Waals surface area contributed by atoms with E-state index >= 15 is 0 Å². The van der Waals surface area contributed by atoms with E-state index in [2.05, 4.69) is 26.1 Å². The Morgan fingerprint density at radius 2 is 2.08 bits per heavy atom. The second kappa shape index (κ2) is 2.67. The third-order valence-corrected chi connectivity index (χ3v) is 3.00. The van der Waals surface area contributed by atoms with Gasteiger partial charge in [-0.2, -0.15) is 0 Å². The first-order chi connectivity index (χ1) is 5.23. The number of hydrogen-bond acceptors (Lipinski definition) is 2. The van der Waals surface area contributed by atoms with E-state index in [-0.39, 0.29) is 5.41 Å². The van der Waals surface area contributed by atoms with Gasteiger partial charge in [-0.05, 0) is 12.3 Å². The Hall–Kier alpha value is -0.150. The first-order valence-corrected chi connectivity index (χ1v) is 4.68. The molecule has 2 N–H and O–H groups in total. The van der Waals surface area contributed by atoms with Crippen molar-refractivity contribution in [3.63, 3.8) is 0 Å². The van der Waals surface area contributed by atoms with E-state index in [0.29, 0.717) is 11.0 Å². The van der Waals surface area contributed by atoms with Crippen LogP contribution in [0.1, 0.15) is 34.1 Å². The maximum Gasteiger partial charge on any atom is 0.114 e. The van der Waals surface area contributed by atoms with Crippen molar-refractivity contribution in [2.45, 2.75) is 45.8 Å². The zero-order chi connectivity index (χ0) is 9.57. The van der Waals surface area contributed by atoms with Crippen LogP contribution in [0.15, 0.2) is 0 Å². The van der Waals surface area contributed by atoms with Crippen LogP contribution in [0, 0.1) is 5.41 Å². The third-order valence-electron chi connectivity index (χ3n) is 2.44. The molecule has 12 heavy (non-hydrogen) atoms. The summed E-state index contributed by atoms with van der Waals surface area (Å²) in [7, 11) is 0. The summed E-state index contributed by atoms with van der Waals surface area (Å²) >= 11 is 5.04. The summed E-state index contributed by atoms with van der Waals surface area (Å²) < 4.78 is 0. The molecule has 2 atom stereocenters. The number of thiocarbonyl (C=S) groups is 1. The highest BCUT2D eigenvalue weighted by Gasteiger charge is 2.42. The van der Waals surface area contributed by atoms with Crippen LogP contribution in [0.5, 0.6) is 0 Å². The molecular formula is C9H17NOS. The number of hydrogen-bond donors (Lipinski definition) is 2. The molecule has 0 aromatic carbocycles. The first-order valence-electron chi connectivity index (χ1n) is 4.27. The lowest BCUT2D eigenvalue weighted by Gasteiger charge is -2.27. The molecule has 0 aliphatic carbocycles. The summed E-state index contributed by atoms with van der Waals surface area (Å²) in [6.07, 6.45) is 0.718. The average molecular weight is 187 g/mol. The fourth-order valence-corrected chi connectivity index (χ4v) is 1.60. The zero-order valence-corrected chi connectivity index (χ0v) is 8.96. The Bertz CT molecular complexity index is 205. The number of nitrogens with one attached hydrogen (secondary N) is 1. The highest BCUT2D eigenvalue weighted by atomic mass is 32.1. The Kier molecular flexibility index (Phi) is 2.21. The van der Waals surface area contributed by atoms with Crippen molar-refractivity contribution in [3.8, 4) is 0 Å². The quantitative estimate of drug-likeness (QED) is 0.563. The fourth-order valence-electron chi connectivity index (χ4n) is 1.38. The van der Waals surface area contributed by atoms with Gasteiger partial charge in [0.25, 0.3) is 0 Å². The van der Waals surface area contributed by atoms with E-state index in [0.717, 1.165) is 6.42 Å². The molecule has 0 unspecified atom stereocenters. The van der Waals surface area contributed by atoms with Crippen molar-refractivity contribution in [1.29, 1.82) is 0 Å². The van der Waals surface area contributed by atoms with Gasteiger partial charge in [-0.3, -0.25) is 0 Å². The average Bonchev–Trinajstić information content (AvgIpc) is 2.06. The van der Waals surface area contributed by atoms with Crippen LogP contribution < -0.4 is 5.32 Å². The molecule has 1 heterocycles. The monoisotopic (exact) mass is 187 g/mol. The third kappa shape index (κ3) is 1.77. The largest absolute Gasteiger partial charge is 0.383 e. The molecule has 1 aliphatic rings. The van der Waals surface area contributed by atoms with Crippen LogP contribution in [-0.4, -0.2) is 21.7 Å². The van der Waals surface area contributed by atoms with Crippen LogP contribution in [-0.2, 0) is 0 Å². The van der Waals surface area contributed by atoms with Crippen molar-refractivity contribution < 1.29 is 5.11 Å². The Balaban J connectivity index is 2.74. The molecule has 70 valence electrons. The van der Waals surface area contributed by atoms with Crippen LogP contribution in [0.3, 0.4) is 0 Å². The van der Waals surface area contributed by atoms with Crippen LogP contribution in [0.4, 0.5) is 0 Å². The maximum absolute atomic E-state index is 9.79. The molecule has 0 saturated carbocycles. The van der Waals surface area contributed by atoms with E-state index in [4.69, 9.17) is 12.2 Å². The smallest absolute Gasteiger partial charge is 0.114 e. The van der Waals surface area contributed by atoms with Crippen molar-refractivity contribution in [1.82, 2.24) is 5.32 Å². The van der Waals surface area contributed by atoms with Gasteiger partial charge in [-0.1, -0.05) is 33.0 Å². The van der Waals surface area contributed by atoms with Gasteiger partial charge in [-0.25, -0.2) is 0 Å². The molecule has 1 aliphatic heterocycles. The van der Waals surface area contributed by atoms with Crippen molar-refractivity contribution in [2.75, 3.05) is 0 Å². The van der Waals surface area contributed by atoms with Gasteiger partial charge in [0.2, 0.25) is 0 Å². The van der Waals surface area contributed by atoms with E-state index in [1.807, 2.05) is 0 Å². The molecule has 1 saturated heterocycles. The Morgan fingerprint density at radius 1 is 1.58 bits per heavy atom. The molecule has 0 spiro atoms. The van der Waals surface area contributed by atoms with Gasteiger partial charge >= 0.3 is 0 Å². The van der Waals surface area contributed by atoms with Crippen LogP contribution in [0.2, 0.25) is 0 Å². The van der Waals surface area contributed by atoms with E-state index in [9.17, 15) is 5.11 Å².